The summed E-state index contributed by atoms with van der Waals surface area (Å²) in [6.07, 6.45) is 0. The molecule has 0 bridgehead atoms. The van der Waals surface area contributed by atoms with Crippen molar-refractivity contribution in [1.82, 2.24) is 4.90 Å². The number of aromatic hydroxyl groups is 1. The Hall–Kier alpha value is -1.42. The number of hydrogen-bond acceptors (Lipinski definition) is 4. The Kier molecular flexibility index (Phi) is 3.74. The molecule has 0 aromatic heterocycles. The van der Waals surface area contributed by atoms with Gasteiger partial charge in [0.15, 0.2) is 11.5 Å². The molecule has 1 aromatic carbocycles. The van der Waals surface area contributed by atoms with Gasteiger partial charge in [0.05, 0.1) is 7.11 Å². The summed E-state index contributed by atoms with van der Waals surface area (Å²) < 4.78 is 5.05. The van der Waals surface area contributed by atoms with E-state index in [9.17, 15) is 5.11 Å². The second-order valence-electron chi connectivity index (χ2n) is 4.28. The molecule has 0 unspecified atom stereocenters. The van der Waals surface area contributed by atoms with Gasteiger partial charge in [-0.1, -0.05) is 6.92 Å². The molecule has 0 aliphatic carbocycles. The zero-order valence-corrected chi connectivity index (χ0v) is 10.5. The molecule has 1 aromatic rings. The third-order valence-corrected chi connectivity index (χ3v) is 3.35. The highest BCUT2D eigenvalue weighted by Gasteiger charge is 2.16. The Morgan fingerprint density at radius 1 is 1.24 bits per heavy atom. The normalized spacial score (nSPS) is 17.2. The van der Waals surface area contributed by atoms with Crippen LogP contribution in [0.4, 0.5) is 5.69 Å². The molecule has 17 heavy (non-hydrogen) atoms. The average Bonchev–Trinajstić information content (AvgIpc) is 2.39. The van der Waals surface area contributed by atoms with Crippen molar-refractivity contribution in [2.75, 3.05) is 44.7 Å². The van der Waals surface area contributed by atoms with Gasteiger partial charge in [0.1, 0.15) is 0 Å². The first-order valence-corrected chi connectivity index (χ1v) is 6.09. The lowest BCUT2D eigenvalue weighted by atomic mass is 10.2. The van der Waals surface area contributed by atoms with Gasteiger partial charge in [0.2, 0.25) is 0 Å². The molecule has 0 spiro atoms. The number of methoxy groups -OCH3 is 1. The van der Waals surface area contributed by atoms with Crippen molar-refractivity contribution < 1.29 is 9.84 Å². The molecule has 1 N–H and O–H groups in total. The predicted octanol–water partition coefficient (Wildman–Crippen LogP) is 1.54. The highest BCUT2D eigenvalue weighted by Crippen LogP contribution is 2.30. The number of phenolic OH excluding ortho intramolecular Hbond substituents is 1. The summed E-state index contributed by atoms with van der Waals surface area (Å²) >= 11 is 0. The zero-order chi connectivity index (χ0) is 12.3. The SMILES string of the molecule is CCN1CCN(c2ccc(OC)c(O)c2)CC1. The smallest absolute Gasteiger partial charge is 0.160 e. The number of phenols is 1. The lowest BCUT2D eigenvalue weighted by Gasteiger charge is -2.35. The molecule has 1 saturated heterocycles. The Morgan fingerprint density at radius 2 is 1.94 bits per heavy atom. The van der Waals surface area contributed by atoms with E-state index < -0.39 is 0 Å². The van der Waals surface area contributed by atoms with Crippen molar-refractivity contribution in [3.05, 3.63) is 18.2 Å². The molecule has 0 amide bonds. The Balaban J connectivity index is 2.06. The van der Waals surface area contributed by atoms with Crippen LogP contribution in [0.25, 0.3) is 0 Å². The van der Waals surface area contributed by atoms with E-state index in [1.807, 2.05) is 12.1 Å². The van der Waals surface area contributed by atoms with Gasteiger partial charge < -0.3 is 19.6 Å². The van der Waals surface area contributed by atoms with Crippen LogP contribution < -0.4 is 9.64 Å². The van der Waals surface area contributed by atoms with Crippen molar-refractivity contribution in [2.24, 2.45) is 0 Å². The molecule has 1 aliphatic heterocycles. The van der Waals surface area contributed by atoms with Gasteiger partial charge in [-0.25, -0.2) is 0 Å². The molecule has 0 radical (unpaired) electrons. The molecule has 2 rings (SSSR count). The average molecular weight is 236 g/mol. The zero-order valence-electron chi connectivity index (χ0n) is 10.5. The monoisotopic (exact) mass is 236 g/mol. The largest absolute Gasteiger partial charge is 0.504 e. The molecule has 1 heterocycles. The van der Waals surface area contributed by atoms with Gasteiger partial charge in [-0.3, -0.25) is 0 Å². The number of ether oxygens (including phenoxy) is 1. The highest BCUT2D eigenvalue weighted by molar-refractivity contribution is 5.56. The lowest BCUT2D eigenvalue weighted by molar-refractivity contribution is 0.271. The molecule has 0 atom stereocenters. The maximum atomic E-state index is 9.76. The molecule has 4 nitrogen and oxygen atoms in total. The van der Waals surface area contributed by atoms with Crippen molar-refractivity contribution in [1.29, 1.82) is 0 Å². The van der Waals surface area contributed by atoms with Crippen LogP contribution in [0.3, 0.4) is 0 Å². The Bertz CT molecular complexity index is 374. The fraction of sp³-hybridized carbons (Fsp3) is 0.538. The van der Waals surface area contributed by atoms with Crippen molar-refractivity contribution >= 4 is 5.69 Å². The minimum atomic E-state index is 0.211. The van der Waals surface area contributed by atoms with Gasteiger partial charge in [-0.05, 0) is 18.7 Å². The molecule has 1 aliphatic rings. The summed E-state index contributed by atoms with van der Waals surface area (Å²) in [5.74, 6) is 0.740. The van der Waals surface area contributed by atoms with E-state index in [0.717, 1.165) is 38.4 Å². The number of rotatable bonds is 3. The fourth-order valence-electron chi connectivity index (χ4n) is 2.20. The van der Waals surface area contributed by atoms with Crippen molar-refractivity contribution in [3.63, 3.8) is 0 Å². The summed E-state index contributed by atoms with van der Waals surface area (Å²) in [5, 5.41) is 9.76. The molecule has 1 fully saturated rings. The van der Waals surface area contributed by atoms with Crippen LogP contribution in [0.1, 0.15) is 6.92 Å². The van der Waals surface area contributed by atoms with Crippen LogP contribution >= 0.6 is 0 Å². The number of anilines is 1. The number of likely N-dealkylation sites (N-methyl/N-ethyl adjacent to an activating group) is 1. The fourth-order valence-corrected chi connectivity index (χ4v) is 2.20. The van der Waals surface area contributed by atoms with E-state index in [-0.39, 0.29) is 5.75 Å². The van der Waals surface area contributed by atoms with Crippen molar-refractivity contribution in [2.45, 2.75) is 6.92 Å². The standard InChI is InChI=1S/C13H20N2O2/c1-3-14-6-8-15(9-7-14)11-4-5-13(17-2)12(16)10-11/h4-5,10,16H,3,6-9H2,1-2H3. The van der Waals surface area contributed by atoms with Gasteiger partial charge in [-0.15, -0.1) is 0 Å². The highest BCUT2D eigenvalue weighted by atomic mass is 16.5. The topological polar surface area (TPSA) is 35.9 Å². The van der Waals surface area contributed by atoms with E-state index in [0.29, 0.717) is 5.75 Å². The number of hydrogen-bond donors (Lipinski definition) is 1. The summed E-state index contributed by atoms with van der Waals surface area (Å²) in [6, 6.07) is 5.59. The van der Waals surface area contributed by atoms with Gasteiger partial charge >= 0.3 is 0 Å². The van der Waals surface area contributed by atoms with Crippen LogP contribution in [0, 0.1) is 0 Å². The molecule has 94 valence electrons. The summed E-state index contributed by atoms with van der Waals surface area (Å²) in [4.78, 5) is 4.73. The number of benzene rings is 1. The van der Waals surface area contributed by atoms with E-state index >= 15 is 0 Å². The maximum Gasteiger partial charge on any atom is 0.160 e. The minimum absolute atomic E-state index is 0.211. The third kappa shape index (κ3) is 2.64. The van der Waals surface area contributed by atoms with E-state index in [1.165, 1.54) is 0 Å². The first-order valence-electron chi connectivity index (χ1n) is 6.09. The van der Waals surface area contributed by atoms with E-state index in [2.05, 4.69) is 16.7 Å². The van der Waals surface area contributed by atoms with Crippen LogP contribution in [0.15, 0.2) is 18.2 Å². The molecule has 0 saturated carbocycles. The van der Waals surface area contributed by atoms with Crippen LogP contribution in [0.5, 0.6) is 11.5 Å². The first-order chi connectivity index (χ1) is 8.24. The van der Waals surface area contributed by atoms with Gasteiger partial charge in [-0.2, -0.15) is 0 Å². The Labute approximate surface area is 102 Å². The first kappa shape index (κ1) is 12.0. The van der Waals surface area contributed by atoms with Crippen LogP contribution in [-0.2, 0) is 0 Å². The van der Waals surface area contributed by atoms with Crippen molar-refractivity contribution in [3.8, 4) is 11.5 Å². The summed E-state index contributed by atoms with van der Waals surface area (Å²) in [7, 11) is 1.56. The predicted molar refractivity (Wildman–Crippen MR) is 69.0 cm³/mol. The van der Waals surface area contributed by atoms with E-state index in [1.54, 1.807) is 13.2 Å². The number of piperazine rings is 1. The van der Waals surface area contributed by atoms with Crippen LogP contribution in [-0.4, -0.2) is 49.8 Å². The second-order valence-corrected chi connectivity index (χ2v) is 4.28. The summed E-state index contributed by atoms with van der Waals surface area (Å²) in [5.41, 5.74) is 1.07. The number of nitrogens with zero attached hydrogens (tertiary/aromatic N) is 2. The van der Waals surface area contributed by atoms with Gasteiger partial charge in [0.25, 0.3) is 0 Å². The van der Waals surface area contributed by atoms with Gasteiger partial charge in [0, 0.05) is 37.9 Å². The Morgan fingerprint density at radius 3 is 2.47 bits per heavy atom. The second kappa shape index (κ2) is 5.27. The van der Waals surface area contributed by atoms with E-state index in [4.69, 9.17) is 4.74 Å². The third-order valence-electron chi connectivity index (χ3n) is 3.35. The quantitative estimate of drug-likeness (QED) is 0.863. The lowest BCUT2D eigenvalue weighted by Crippen LogP contribution is -2.46. The minimum Gasteiger partial charge on any atom is -0.504 e. The molecular formula is C13H20N2O2. The van der Waals surface area contributed by atoms with Crippen LogP contribution in [0.2, 0.25) is 0 Å². The summed E-state index contributed by atoms with van der Waals surface area (Å²) in [6.45, 7) is 7.50. The maximum absolute atomic E-state index is 9.76. The molecular weight excluding hydrogens is 216 g/mol. The molecule has 4 heteroatoms.